The zero-order valence-corrected chi connectivity index (χ0v) is 11.5. The van der Waals surface area contributed by atoms with Gasteiger partial charge >= 0.3 is 5.97 Å². The Labute approximate surface area is 119 Å². The highest BCUT2D eigenvalue weighted by molar-refractivity contribution is 7.17. The van der Waals surface area contributed by atoms with Crippen LogP contribution in [0.25, 0.3) is 6.08 Å². The molecule has 19 heavy (non-hydrogen) atoms. The number of halogens is 1. The summed E-state index contributed by atoms with van der Waals surface area (Å²) in [5.74, 6) is -1.39. The van der Waals surface area contributed by atoms with Gasteiger partial charge in [0.05, 0.1) is 17.6 Å². The summed E-state index contributed by atoms with van der Waals surface area (Å²) in [4.78, 5) is 25.2. The minimum Gasteiger partial charge on any atom is -0.480 e. The molecular weight excluding hydrogens is 290 g/mol. The van der Waals surface area contributed by atoms with Crippen molar-refractivity contribution in [3.05, 3.63) is 27.4 Å². The number of amides is 1. The summed E-state index contributed by atoms with van der Waals surface area (Å²) in [6.45, 7) is 0.666. The van der Waals surface area contributed by atoms with Crippen LogP contribution < -0.4 is 0 Å². The zero-order valence-electron chi connectivity index (χ0n) is 9.91. The Hall–Kier alpha value is -1.37. The van der Waals surface area contributed by atoms with Crippen LogP contribution in [-0.4, -0.2) is 47.7 Å². The van der Waals surface area contributed by atoms with Gasteiger partial charge in [0.2, 0.25) is 5.91 Å². The van der Waals surface area contributed by atoms with Crippen LogP contribution >= 0.6 is 22.9 Å². The van der Waals surface area contributed by atoms with Gasteiger partial charge in [-0.15, -0.1) is 11.3 Å². The fourth-order valence-electron chi connectivity index (χ4n) is 1.74. The molecule has 2 rings (SSSR count). The summed E-state index contributed by atoms with van der Waals surface area (Å²) in [5, 5.41) is 9.03. The second-order valence-corrected chi connectivity index (χ2v) is 5.68. The van der Waals surface area contributed by atoms with E-state index in [9.17, 15) is 9.59 Å². The molecule has 1 N–H and O–H groups in total. The number of hydrogen-bond donors (Lipinski definition) is 1. The Morgan fingerprint density at radius 3 is 2.95 bits per heavy atom. The number of carbonyl (C=O) groups excluding carboxylic acids is 1. The molecule has 1 aromatic rings. The first kappa shape index (κ1) is 14.0. The van der Waals surface area contributed by atoms with E-state index in [-0.39, 0.29) is 19.1 Å². The third-order valence-electron chi connectivity index (χ3n) is 2.68. The first-order valence-corrected chi connectivity index (χ1v) is 6.82. The molecule has 1 unspecified atom stereocenters. The van der Waals surface area contributed by atoms with Crippen LogP contribution in [0, 0.1) is 0 Å². The van der Waals surface area contributed by atoms with Crippen LogP contribution in [0.1, 0.15) is 4.88 Å². The van der Waals surface area contributed by atoms with Gasteiger partial charge in [0.1, 0.15) is 0 Å². The lowest BCUT2D eigenvalue weighted by atomic mass is 10.2. The second kappa shape index (κ2) is 6.18. The number of carboxylic acid groups (broad SMARTS) is 1. The van der Waals surface area contributed by atoms with Crippen LogP contribution in [0.2, 0.25) is 4.34 Å². The number of ether oxygens (including phenoxy) is 1. The van der Waals surface area contributed by atoms with Crippen LogP contribution in [0.4, 0.5) is 0 Å². The molecule has 0 bridgehead atoms. The van der Waals surface area contributed by atoms with Gasteiger partial charge in [-0.2, -0.15) is 0 Å². The van der Waals surface area contributed by atoms with E-state index in [0.29, 0.717) is 10.9 Å². The molecule has 1 atom stereocenters. The maximum Gasteiger partial charge on any atom is 0.328 e. The number of morpholine rings is 1. The standard InChI is InChI=1S/C12H12ClNO4S/c13-10-3-1-8(19-10)2-4-11(15)14-5-6-18-7-9(14)12(16)17/h1-4,9H,5-7H2,(H,16,17). The molecule has 0 aromatic carbocycles. The number of thiophene rings is 1. The average Bonchev–Trinajstić information content (AvgIpc) is 2.81. The van der Waals surface area contributed by atoms with E-state index in [1.54, 1.807) is 18.2 Å². The lowest BCUT2D eigenvalue weighted by Crippen LogP contribution is -2.52. The summed E-state index contributed by atoms with van der Waals surface area (Å²) >= 11 is 7.13. The van der Waals surface area contributed by atoms with Crippen molar-refractivity contribution >= 4 is 40.9 Å². The molecule has 1 aliphatic heterocycles. The number of aliphatic carboxylic acids is 1. The molecule has 0 aliphatic carbocycles. The Bertz CT molecular complexity index is 514. The van der Waals surface area contributed by atoms with Crippen molar-refractivity contribution in [2.24, 2.45) is 0 Å². The molecule has 1 saturated heterocycles. The molecule has 1 aromatic heterocycles. The van der Waals surface area contributed by atoms with E-state index >= 15 is 0 Å². The van der Waals surface area contributed by atoms with Crippen molar-refractivity contribution in [1.82, 2.24) is 4.90 Å². The summed E-state index contributed by atoms with van der Waals surface area (Å²) in [5.41, 5.74) is 0. The van der Waals surface area contributed by atoms with Crippen molar-refractivity contribution in [2.75, 3.05) is 19.8 Å². The van der Waals surface area contributed by atoms with Gasteiger partial charge in [0.25, 0.3) is 0 Å². The lowest BCUT2D eigenvalue weighted by molar-refractivity contribution is -0.156. The monoisotopic (exact) mass is 301 g/mol. The van der Waals surface area contributed by atoms with Gasteiger partial charge in [-0.3, -0.25) is 4.79 Å². The number of hydrogen-bond acceptors (Lipinski definition) is 4. The minimum atomic E-state index is -1.05. The Kier molecular flexibility index (Phi) is 4.57. The largest absolute Gasteiger partial charge is 0.480 e. The fraction of sp³-hybridized carbons (Fsp3) is 0.333. The van der Waals surface area contributed by atoms with E-state index in [2.05, 4.69) is 0 Å². The SMILES string of the molecule is O=C(O)C1COCCN1C(=O)C=Cc1ccc(Cl)s1. The first-order valence-electron chi connectivity index (χ1n) is 5.62. The molecule has 1 amide bonds. The highest BCUT2D eigenvalue weighted by Crippen LogP contribution is 2.22. The number of carboxylic acids is 1. The molecule has 2 heterocycles. The Morgan fingerprint density at radius 2 is 2.32 bits per heavy atom. The van der Waals surface area contributed by atoms with E-state index < -0.39 is 12.0 Å². The molecule has 0 radical (unpaired) electrons. The van der Waals surface area contributed by atoms with Crippen LogP contribution in [0.5, 0.6) is 0 Å². The zero-order chi connectivity index (χ0) is 13.8. The molecule has 1 aliphatic rings. The third-order valence-corrected chi connectivity index (χ3v) is 3.88. The van der Waals surface area contributed by atoms with Crippen molar-refractivity contribution in [2.45, 2.75) is 6.04 Å². The van der Waals surface area contributed by atoms with Gasteiger partial charge in [-0.05, 0) is 18.2 Å². The van der Waals surface area contributed by atoms with Gasteiger partial charge in [0, 0.05) is 17.5 Å². The lowest BCUT2D eigenvalue weighted by Gasteiger charge is -2.31. The second-order valence-electron chi connectivity index (χ2n) is 3.94. The first-order chi connectivity index (χ1) is 9.08. The molecule has 0 saturated carbocycles. The minimum absolute atomic E-state index is 0.0275. The summed E-state index contributed by atoms with van der Waals surface area (Å²) in [7, 11) is 0. The maximum absolute atomic E-state index is 12.0. The predicted molar refractivity (Wildman–Crippen MR) is 72.3 cm³/mol. The van der Waals surface area contributed by atoms with E-state index in [0.717, 1.165) is 4.88 Å². The fourth-order valence-corrected chi connectivity index (χ4v) is 2.70. The van der Waals surface area contributed by atoms with Gasteiger partial charge in [-0.1, -0.05) is 11.6 Å². The molecule has 102 valence electrons. The Balaban J connectivity index is 2.05. The highest BCUT2D eigenvalue weighted by Gasteiger charge is 2.31. The topological polar surface area (TPSA) is 66.8 Å². The third kappa shape index (κ3) is 3.56. The molecule has 5 nitrogen and oxygen atoms in total. The van der Waals surface area contributed by atoms with Gasteiger partial charge in [-0.25, -0.2) is 4.79 Å². The van der Waals surface area contributed by atoms with Gasteiger partial charge < -0.3 is 14.7 Å². The molecule has 0 spiro atoms. The summed E-state index contributed by atoms with van der Waals surface area (Å²) < 4.78 is 5.72. The van der Waals surface area contributed by atoms with Crippen LogP contribution in [-0.2, 0) is 14.3 Å². The molecule has 1 fully saturated rings. The predicted octanol–water partition coefficient (Wildman–Crippen LogP) is 1.73. The maximum atomic E-state index is 12.0. The highest BCUT2D eigenvalue weighted by atomic mass is 35.5. The van der Waals surface area contributed by atoms with E-state index in [1.807, 2.05) is 0 Å². The van der Waals surface area contributed by atoms with Crippen LogP contribution in [0.15, 0.2) is 18.2 Å². The van der Waals surface area contributed by atoms with Crippen molar-refractivity contribution in [3.8, 4) is 0 Å². The van der Waals surface area contributed by atoms with Crippen LogP contribution in [0.3, 0.4) is 0 Å². The summed E-state index contributed by atoms with van der Waals surface area (Å²) in [6, 6.07) is 2.62. The van der Waals surface area contributed by atoms with Gasteiger partial charge in [0.15, 0.2) is 6.04 Å². The van der Waals surface area contributed by atoms with E-state index in [4.69, 9.17) is 21.4 Å². The summed E-state index contributed by atoms with van der Waals surface area (Å²) in [6.07, 6.45) is 3.00. The number of rotatable bonds is 3. The Morgan fingerprint density at radius 1 is 1.53 bits per heavy atom. The van der Waals surface area contributed by atoms with Crippen molar-refractivity contribution < 1.29 is 19.4 Å². The van der Waals surface area contributed by atoms with Crippen molar-refractivity contribution in [1.29, 1.82) is 0 Å². The molecular formula is C12H12ClNO4S. The van der Waals surface area contributed by atoms with E-state index in [1.165, 1.54) is 22.3 Å². The quantitative estimate of drug-likeness (QED) is 0.863. The molecule has 7 heteroatoms. The smallest absolute Gasteiger partial charge is 0.328 e. The average molecular weight is 302 g/mol. The van der Waals surface area contributed by atoms with Crippen molar-refractivity contribution in [3.63, 3.8) is 0 Å². The number of nitrogens with zero attached hydrogens (tertiary/aromatic N) is 1. The normalized spacial score (nSPS) is 19.8. The number of carbonyl (C=O) groups is 2.